The van der Waals surface area contributed by atoms with Gasteiger partial charge in [-0.05, 0) is 57.2 Å². The summed E-state index contributed by atoms with van der Waals surface area (Å²) in [7, 11) is 2.09. The van der Waals surface area contributed by atoms with Crippen LogP contribution in [0.25, 0.3) is 0 Å². The summed E-state index contributed by atoms with van der Waals surface area (Å²) in [6, 6.07) is 7.04. The topological polar surface area (TPSA) is 99.5 Å². The molecule has 1 fully saturated rings. The van der Waals surface area contributed by atoms with Gasteiger partial charge < -0.3 is 26.6 Å². The van der Waals surface area contributed by atoms with Crippen LogP contribution in [0.5, 0.6) is 0 Å². The highest BCUT2D eigenvalue weighted by atomic mass is 16.2. The van der Waals surface area contributed by atoms with Gasteiger partial charge in [-0.1, -0.05) is 0 Å². The molecule has 1 aromatic rings. The van der Waals surface area contributed by atoms with Crippen LogP contribution in [0.3, 0.4) is 0 Å². The van der Waals surface area contributed by atoms with E-state index in [-0.39, 0.29) is 18.0 Å². The monoisotopic (exact) mass is 319 g/mol. The lowest BCUT2D eigenvalue weighted by molar-refractivity contribution is -0.116. The van der Waals surface area contributed by atoms with Crippen molar-refractivity contribution in [1.29, 1.82) is 0 Å². The van der Waals surface area contributed by atoms with E-state index in [0.29, 0.717) is 24.3 Å². The summed E-state index contributed by atoms with van der Waals surface area (Å²) in [5.41, 5.74) is 6.70. The summed E-state index contributed by atoms with van der Waals surface area (Å²) in [4.78, 5) is 25.7. The van der Waals surface area contributed by atoms with E-state index in [1.165, 1.54) is 0 Å². The Labute approximate surface area is 136 Å². The first kappa shape index (κ1) is 17.2. The molecule has 0 radical (unpaired) electrons. The van der Waals surface area contributed by atoms with Crippen molar-refractivity contribution in [3.05, 3.63) is 24.3 Å². The molecule has 7 heteroatoms. The number of carbonyl (C=O) groups is 2. The number of nitrogens with two attached hydrogens (primary N) is 1. The average molecular weight is 319 g/mol. The maximum absolute atomic E-state index is 12.0. The Balaban J connectivity index is 1.78. The number of nitrogens with one attached hydrogen (secondary N) is 3. The lowest BCUT2D eigenvalue weighted by atomic mass is 10.1. The van der Waals surface area contributed by atoms with Crippen LogP contribution in [0, 0.1) is 0 Å². The Hall–Kier alpha value is -2.12. The van der Waals surface area contributed by atoms with Crippen LogP contribution in [0.2, 0.25) is 0 Å². The Kier molecular flexibility index (Phi) is 6.37. The number of rotatable bonds is 5. The van der Waals surface area contributed by atoms with E-state index < -0.39 is 0 Å². The molecule has 126 valence electrons. The number of amides is 3. The molecule has 0 atom stereocenters. The second-order valence-corrected chi connectivity index (χ2v) is 5.84. The third-order valence-corrected chi connectivity index (χ3v) is 3.85. The molecule has 3 amide bonds. The summed E-state index contributed by atoms with van der Waals surface area (Å²) >= 11 is 0. The molecule has 23 heavy (non-hydrogen) atoms. The number of hydrogen-bond acceptors (Lipinski definition) is 4. The normalized spacial score (nSPS) is 15.9. The molecule has 0 aromatic heterocycles. The molecule has 1 aliphatic rings. The fourth-order valence-electron chi connectivity index (χ4n) is 2.50. The molecule has 1 heterocycles. The van der Waals surface area contributed by atoms with Crippen LogP contribution >= 0.6 is 0 Å². The third-order valence-electron chi connectivity index (χ3n) is 3.85. The van der Waals surface area contributed by atoms with Gasteiger partial charge in [0.15, 0.2) is 0 Å². The first-order chi connectivity index (χ1) is 11.1. The van der Waals surface area contributed by atoms with Gasteiger partial charge in [0.2, 0.25) is 5.91 Å². The van der Waals surface area contributed by atoms with Crippen LogP contribution in [0.15, 0.2) is 24.3 Å². The van der Waals surface area contributed by atoms with Gasteiger partial charge in [-0.3, -0.25) is 4.79 Å². The Morgan fingerprint density at radius 1 is 1.13 bits per heavy atom. The van der Waals surface area contributed by atoms with Gasteiger partial charge in [0.05, 0.1) is 0 Å². The molecule has 0 spiro atoms. The smallest absolute Gasteiger partial charge is 0.319 e. The van der Waals surface area contributed by atoms with Gasteiger partial charge in [0.1, 0.15) is 0 Å². The minimum absolute atomic E-state index is 0.117. The number of likely N-dealkylation sites (tertiary alicyclic amines) is 1. The summed E-state index contributed by atoms with van der Waals surface area (Å²) in [6.45, 7) is 2.33. The summed E-state index contributed by atoms with van der Waals surface area (Å²) in [5, 5.41) is 8.54. The van der Waals surface area contributed by atoms with E-state index in [2.05, 4.69) is 27.9 Å². The Morgan fingerprint density at radius 3 is 2.26 bits per heavy atom. The van der Waals surface area contributed by atoms with Gasteiger partial charge in [-0.15, -0.1) is 0 Å². The van der Waals surface area contributed by atoms with Crippen molar-refractivity contribution in [2.24, 2.45) is 5.73 Å². The molecule has 1 aromatic carbocycles. The van der Waals surface area contributed by atoms with Crippen LogP contribution in [0.1, 0.15) is 19.3 Å². The Morgan fingerprint density at radius 2 is 1.70 bits per heavy atom. The lowest BCUT2D eigenvalue weighted by Crippen LogP contribution is -2.44. The summed E-state index contributed by atoms with van der Waals surface area (Å²) in [6.07, 6.45) is 2.23. The van der Waals surface area contributed by atoms with E-state index in [9.17, 15) is 9.59 Å². The number of carbonyl (C=O) groups excluding carboxylic acids is 2. The van der Waals surface area contributed by atoms with Crippen molar-refractivity contribution in [3.8, 4) is 0 Å². The summed E-state index contributed by atoms with van der Waals surface area (Å²) in [5.74, 6) is -0.117. The molecule has 1 saturated heterocycles. The molecule has 0 unspecified atom stereocenters. The van der Waals surface area contributed by atoms with Gasteiger partial charge in [0.25, 0.3) is 0 Å². The molecular formula is C16H25N5O2. The van der Waals surface area contributed by atoms with Gasteiger partial charge in [-0.25, -0.2) is 4.79 Å². The molecule has 0 bridgehead atoms. The fourth-order valence-corrected chi connectivity index (χ4v) is 2.50. The quantitative estimate of drug-likeness (QED) is 0.655. The molecule has 2 rings (SSSR count). The van der Waals surface area contributed by atoms with Crippen molar-refractivity contribution in [3.63, 3.8) is 0 Å². The van der Waals surface area contributed by atoms with E-state index in [0.717, 1.165) is 25.9 Å². The number of anilines is 2. The SMILES string of the molecule is CN1CCC(NC(=O)Nc2ccc(NC(=O)CCN)cc2)CC1. The highest BCUT2D eigenvalue weighted by molar-refractivity contribution is 5.92. The summed E-state index contributed by atoms with van der Waals surface area (Å²) < 4.78 is 0. The van der Waals surface area contributed by atoms with Crippen LogP contribution in [0.4, 0.5) is 16.2 Å². The molecule has 7 nitrogen and oxygen atoms in total. The Bertz CT molecular complexity index is 524. The van der Waals surface area contributed by atoms with E-state index >= 15 is 0 Å². The highest BCUT2D eigenvalue weighted by Crippen LogP contribution is 2.14. The maximum atomic E-state index is 12.0. The highest BCUT2D eigenvalue weighted by Gasteiger charge is 2.18. The van der Waals surface area contributed by atoms with Crippen molar-refractivity contribution in [2.75, 3.05) is 37.3 Å². The number of benzene rings is 1. The largest absolute Gasteiger partial charge is 0.335 e. The molecular weight excluding hydrogens is 294 g/mol. The number of hydrogen-bond donors (Lipinski definition) is 4. The van der Waals surface area contributed by atoms with E-state index in [4.69, 9.17) is 5.73 Å². The zero-order valence-electron chi connectivity index (χ0n) is 13.5. The zero-order valence-corrected chi connectivity index (χ0v) is 13.5. The van der Waals surface area contributed by atoms with E-state index in [1.807, 2.05) is 0 Å². The third kappa shape index (κ3) is 5.88. The molecule has 0 saturated carbocycles. The van der Waals surface area contributed by atoms with Crippen LogP contribution in [-0.2, 0) is 4.79 Å². The van der Waals surface area contributed by atoms with Gasteiger partial charge >= 0.3 is 6.03 Å². The first-order valence-electron chi connectivity index (χ1n) is 7.93. The second kappa shape index (κ2) is 8.50. The predicted octanol–water partition coefficient (Wildman–Crippen LogP) is 1.19. The minimum atomic E-state index is -0.195. The maximum Gasteiger partial charge on any atom is 0.319 e. The van der Waals surface area contributed by atoms with Crippen molar-refractivity contribution >= 4 is 23.3 Å². The van der Waals surface area contributed by atoms with Crippen molar-refractivity contribution in [1.82, 2.24) is 10.2 Å². The van der Waals surface area contributed by atoms with E-state index in [1.54, 1.807) is 24.3 Å². The number of piperidine rings is 1. The minimum Gasteiger partial charge on any atom is -0.335 e. The van der Waals surface area contributed by atoms with Gasteiger partial charge in [0, 0.05) is 30.4 Å². The van der Waals surface area contributed by atoms with Crippen molar-refractivity contribution < 1.29 is 9.59 Å². The van der Waals surface area contributed by atoms with Crippen LogP contribution in [-0.4, -0.2) is 49.6 Å². The standard InChI is InChI=1S/C16H25N5O2/c1-21-10-7-14(8-11-21)20-16(23)19-13-4-2-12(3-5-13)18-15(22)6-9-17/h2-5,14H,6-11,17H2,1H3,(H,18,22)(H2,19,20,23). The number of nitrogens with zero attached hydrogens (tertiary/aromatic N) is 1. The molecule has 5 N–H and O–H groups in total. The first-order valence-corrected chi connectivity index (χ1v) is 7.93. The predicted molar refractivity (Wildman–Crippen MR) is 91.4 cm³/mol. The second-order valence-electron chi connectivity index (χ2n) is 5.84. The molecule has 0 aliphatic carbocycles. The number of urea groups is 1. The fraction of sp³-hybridized carbons (Fsp3) is 0.500. The lowest BCUT2D eigenvalue weighted by Gasteiger charge is -2.29. The van der Waals surface area contributed by atoms with Gasteiger partial charge in [-0.2, -0.15) is 0 Å². The van der Waals surface area contributed by atoms with Crippen LogP contribution < -0.4 is 21.7 Å². The molecule has 1 aliphatic heterocycles. The zero-order chi connectivity index (χ0) is 16.7. The average Bonchev–Trinajstić information content (AvgIpc) is 2.52. The van der Waals surface area contributed by atoms with Crippen molar-refractivity contribution in [2.45, 2.75) is 25.3 Å².